The van der Waals surface area contributed by atoms with Gasteiger partial charge in [-0.3, -0.25) is 0 Å². The molecule has 0 aliphatic carbocycles. The van der Waals surface area contributed by atoms with Crippen LogP contribution in [-0.2, 0) is 9.47 Å². The number of pyridine rings is 1. The molecule has 7 heteroatoms. The van der Waals surface area contributed by atoms with E-state index in [0.717, 1.165) is 4.90 Å². The van der Waals surface area contributed by atoms with Crippen LogP contribution >= 0.6 is 11.6 Å². The molecule has 0 aliphatic rings. The highest BCUT2D eigenvalue weighted by molar-refractivity contribution is 6.32. The molecule has 0 saturated carbocycles. The van der Waals surface area contributed by atoms with Crippen molar-refractivity contribution in [3.8, 4) is 0 Å². The molecule has 1 heterocycles. The molecule has 0 fully saturated rings. The van der Waals surface area contributed by atoms with E-state index >= 15 is 0 Å². The molecular weight excluding hydrogens is 332 g/mol. The Balaban J connectivity index is 3.30. The number of hydrogen-bond donors (Lipinski definition) is 0. The van der Waals surface area contributed by atoms with Crippen LogP contribution < -0.4 is 4.90 Å². The van der Waals surface area contributed by atoms with Crippen LogP contribution in [0, 0.1) is 0 Å². The number of carbonyl (C=O) groups excluding carboxylic acids is 2. The monoisotopic (exact) mass is 354 g/mol. The van der Waals surface area contributed by atoms with Crippen LogP contribution in [-0.4, -0.2) is 28.4 Å². The van der Waals surface area contributed by atoms with Gasteiger partial charge in [-0.2, -0.15) is 4.90 Å². The molecule has 0 aromatic carbocycles. The molecule has 1 rings (SSSR count). The number of hydrogen-bond acceptors (Lipinski definition) is 5. The van der Waals surface area contributed by atoms with Crippen molar-refractivity contribution in [1.29, 1.82) is 0 Å². The zero-order valence-electron chi connectivity index (χ0n) is 14.8. The lowest BCUT2D eigenvalue weighted by atomic mass is 10.2. The van der Waals surface area contributed by atoms with Crippen molar-refractivity contribution in [3.63, 3.8) is 0 Å². The molecule has 0 bridgehead atoms. The first-order chi connectivity index (χ1) is 10.8. The van der Waals surface area contributed by atoms with Gasteiger partial charge in [0.1, 0.15) is 17.0 Å². The Morgan fingerprint density at radius 2 is 1.54 bits per heavy atom. The molecule has 0 saturated heterocycles. The van der Waals surface area contributed by atoms with Crippen molar-refractivity contribution in [2.75, 3.05) is 4.90 Å². The minimum Gasteiger partial charge on any atom is -0.443 e. The topological polar surface area (TPSA) is 68.7 Å². The predicted octanol–water partition coefficient (Wildman–Crippen LogP) is 5.05. The molecule has 24 heavy (non-hydrogen) atoms. The van der Waals surface area contributed by atoms with Gasteiger partial charge in [-0.25, -0.2) is 14.6 Å². The number of rotatable bonds is 2. The summed E-state index contributed by atoms with van der Waals surface area (Å²) in [5.74, 6) is 0.0396. The van der Waals surface area contributed by atoms with Gasteiger partial charge >= 0.3 is 12.2 Å². The molecule has 132 valence electrons. The SMILES string of the molecule is C=Cc1nc(N(C(=O)OC(C)(C)C)C(=O)OC(C)(C)C)ccc1Cl. The average Bonchev–Trinajstić information content (AvgIpc) is 2.36. The van der Waals surface area contributed by atoms with E-state index in [1.54, 1.807) is 41.5 Å². The van der Waals surface area contributed by atoms with Crippen LogP contribution in [0.2, 0.25) is 5.02 Å². The van der Waals surface area contributed by atoms with Gasteiger partial charge in [0.2, 0.25) is 0 Å². The maximum absolute atomic E-state index is 12.5. The molecular formula is C17H23ClN2O4. The van der Waals surface area contributed by atoms with E-state index in [9.17, 15) is 9.59 Å². The number of carbonyl (C=O) groups is 2. The van der Waals surface area contributed by atoms with Crippen molar-refractivity contribution >= 4 is 35.7 Å². The Labute approximate surface area is 147 Å². The first kappa shape index (κ1) is 20.0. The summed E-state index contributed by atoms with van der Waals surface area (Å²) in [6, 6.07) is 2.95. The fraction of sp³-hybridized carbons (Fsp3) is 0.471. The fourth-order valence-corrected chi connectivity index (χ4v) is 1.77. The number of ether oxygens (including phenoxy) is 2. The van der Waals surface area contributed by atoms with Crippen LogP contribution in [0.25, 0.3) is 6.08 Å². The van der Waals surface area contributed by atoms with E-state index in [1.807, 2.05) is 0 Å². The second-order valence-corrected chi connectivity index (χ2v) is 7.44. The maximum atomic E-state index is 12.5. The minimum atomic E-state index is -0.887. The standard InChI is InChI=1S/C17H23ClN2O4/c1-8-12-11(18)9-10-13(19-12)20(14(21)23-16(2,3)4)15(22)24-17(5,6)7/h8-10H,1H2,2-7H3. The molecule has 0 spiro atoms. The molecule has 0 atom stereocenters. The third-order valence-electron chi connectivity index (χ3n) is 2.43. The normalized spacial score (nSPS) is 11.6. The van der Waals surface area contributed by atoms with Crippen LogP contribution in [0.3, 0.4) is 0 Å². The number of nitrogens with zero attached hydrogens (tertiary/aromatic N) is 2. The largest absolute Gasteiger partial charge is 0.443 e. The first-order valence-corrected chi connectivity index (χ1v) is 7.77. The van der Waals surface area contributed by atoms with Crippen LogP contribution in [0.15, 0.2) is 18.7 Å². The number of aromatic nitrogens is 1. The van der Waals surface area contributed by atoms with E-state index in [-0.39, 0.29) is 5.82 Å². The van der Waals surface area contributed by atoms with E-state index in [4.69, 9.17) is 21.1 Å². The van der Waals surface area contributed by atoms with Crippen molar-refractivity contribution < 1.29 is 19.1 Å². The molecule has 0 unspecified atom stereocenters. The summed E-state index contributed by atoms with van der Waals surface area (Å²) in [6.45, 7) is 13.8. The summed E-state index contributed by atoms with van der Waals surface area (Å²) in [6.07, 6.45) is -0.350. The maximum Gasteiger partial charge on any atom is 0.425 e. The Bertz CT molecular complexity index is 617. The lowest BCUT2D eigenvalue weighted by Gasteiger charge is -2.28. The van der Waals surface area contributed by atoms with E-state index in [1.165, 1.54) is 18.2 Å². The summed E-state index contributed by atoms with van der Waals surface area (Å²) in [4.78, 5) is 29.9. The van der Waals surface area contributed by atoms with Gasteiger partial charge in [0.15, 0.2) is 0 Å². The summed E-state index contributed by atoms with van der Waals surface area (Å²) in [7, 11) is 0. The second kappa shape index (κ2) is 7.21. The summed E-state index contributed by atoms with van der Waals surface area (Å²) >= 11 is 5.99. The zero-order chi connectivity index (χ0) is 18.7. The molecule has 1 aromatic rings. The smallest absolute Gasteiger partial charge is 0.425 e. The highest BCUT2D eigenvalue weighted by Gasteiger charge is 2.33. The van der Waals surface area contributed by atoms with Gasteiger partial charge in [0, 0.05) is 0 Å². The zero-order valence-corrected chi connectivity index (χ0v) is 15.6. The van der Waals surface area contributed by atoms with E-state index in [0.29, 0.717) is 10.7 Å². The Morgan fingerprint density at radius 1 is 1.08 bits per heavy atom. The van der Waals surface area contributed by atoms with Gasteiger partial charge < -0.3 is 9.47 Å². The number of anilines is 1. The molecule has 1 aromatic heterocycles. The Kier molecular flexibility index (Phi) is 6.00. The summed E-state index contributed by atoms with van der Waals surface area (Å²) in [5, 5.41) is 0.349. The molecule has 6 nitrogen and oxygen atoms in total. The van der Waals surface area contributed by atoms with Crippen LogP contribution in [0.1, 0.15) is 47.2 Å². The molecule has 0 N–H and O–H groups in total. The van der Waals surface area contributed by atoms with Crippen molar-refractivity contribution in [2.45, 2.75) is 52.7 Å². The summed E-state index contributed by atoms with van der Waals surface area (Å²) in [5.41, 5.74) is -1.23. The lowest BCUT2D eigenvalue weighted by molar-refractivity contribution is 0.0429. The fourth-order valence-electron chi connectivity index (χ4n) is 1.59. The third kappa shape index (κ3) is 5.85. The van der Waals surface area contributed by atoms with Crippen molar-refractivity contribution in [2.24, 2.45) is 0 Å². The minimum absolute atomic E-state index is 0.0396. The van der Waals surface area contributed by atoms with Crippen molar-refractivity contribution in [3.05, 3.63) is 29.4 Å². The Hall–Kier alpha value is -2.08. The summed E-state index contributed by atoms with van der Waals surface area (Å²) < 4.78 is 10.6. The van der Waals surface area contributed by atoms with Gasteiger partial charge in [0.05, 0.1) is 10.7 Å². The quantitative estimate of drug-likeness (QED) is 0.742. The molecule has 0 radical (unpaired) electrons. The second-order valence-electron chi connectivity index (χ2n) is 7.04. The molecule has 2 amide bonds. The van der Waals surface area contributed by atoms with Crippen LogP contribution in [0.4, 0.5) is 15.4 Å². The lowest BCUT2D eigenvalue weighted by Crippen LogP contribution is -2.44. The van der Waals surface area contributed by atoms with E-state index in [2.05, 4.69) is 11.6 Å². The number of amides is 2. The van der Waals surface area contributed by atoms with E-state index < -0.39 is 23.4 Å². The van der Waals surface area contributed by atoms with Gasteiger partial charge in [-0.1, -0.05) is 18.2 Å². The highest BCUT2D eigenvalue weighted by atomic mass is 35.5. The Morgan fingerprint density at radius 3 is 1.92 bits per heavy atom. The van der Waals surface area contributed by atoms with Gasteiger partial charge in [-0.05, 0) is 59.8 Å². The highest BCUT2D eigenvalue weighted by Crippen LogP contribution is 2.24. The van der Waals surface area contributed by atoms with Gasteiger partial charge in [-0.15, -0.1) is 0 Å². The predicted molar refractivity (Wildman–Crippen MR) is 94.3 cm³/mol. The number of imide groups is 1. The third-order valence-corrected chi connectivity index (χ3v) is 2.75. The average molecular weight is 355 g/mol. The first-order valence-electron chi connectivity index (χ1n) is 7.39. The van der Waals surface area contributed by atoms with Crippen LogP contribution in [0.5, 0.6) is 0 Å². The number of halogens is 1. The molecule has 0 aliphatic heterocycles. The van der Waals surface area contributed by atoms with Crippen molar-refractivity contribution in [1.82, 2.24) is 4.98 Å². The van der Waals surface area contributed by atoms with Gasteiger partial charge in [0.25, 0.3) is 0 Å².